The molecule has 15 nitrogen and oxygen atoms in total. The standard InChI is InChI=1S/C43H56N6O9S/c1-11-26-23-43(26,39(52)47-59(54,55)29-17-18-29)46-36(50)34-22-28(24-49(34)38(51)35(41(2,3)4)45-40(53)58-42(5,6)7)57-37-30-19-16-27(56-10)20-25(30)21-32(44-37)31-14-12-13-15-33(31)48(8)9/h11-16,19-21,26,28-29,34-35H,1,17-18,22-24H2,2-10H3,(H,45,53)(H,46,50)(H,47,52)/t26-,28-,34+,35-,43-/m1/s1. The van der Waals surface area contributed by atoms with E-state index in [1.165, 1.54) is 11.0 Å². The molecule has 1 aromatic heterocycles. The number of sulfonamides is 1. The Bertz CT molecular complexity index is 2260. The van der Waals surface area contributed by atoms with Crippen LogP contribution in [0, 0.1) is 11.3 Å². The fourth-order valence-electron chi connectivity index (χ4n) is 7.43. The number of likely N-dealkylation sites (tertiary alicyclic amines) is 1. The Balaban J connectivity index is 1.37. The summed E-state index contributed by atoms with van der Waals surface area (Å²) in [5, 5.41) is 6.34. The van der Waals surface area contributed by atoms with Gasteiger partial charge in [0.05, 0.1) is 24.6 Å². The van der Waals surface area contributed by atoms with Crippen LogP contribution in [0.5, 0.6) is 11.6 Å². The van der Waals surface area contributed by atoms with Crippen LogP contribution >= 0.6 is 0 Å². The van der Waals surface area contributed by atoms with Crippen molar-refractivity contribution in [3.05, 3.63) is 61.2 Å². The molecule has 1 saturated heterocycles. The Labute approximate surface area is 346 Å². The molecular formula is C43H56N6O9S. The number of rotatable bonds is 13. The predicted molar refractivity (Wildman–Crippen MR) is 224 cm³/mol. The van der Waals surface area contributed by atoms with Crippen molar-refractivity contribution in [3.63, 3.8) is 0 Å². The lowest BCUT2D eigenvalue weighted by molar-refractivity contribution is -0.143. The smallest absolute Gasteiger partial charge is 0.408 e. The van der Waals surface area contributed by atoms with E-state index in [1.807, 2.05) is 61.5 Å². The highest BCUT2D eigenvalue weighted by atomic mass is 32.2. The number of ether oxygens (including phenoxy) is 3. The Morgan fingerprint density at radius 3 is 2.32 bits per heavy atom. The van der Waals surface area contributed by atoms with Crippen LogP contribution < -0.4 is 29.7 Å². The van der Waals surface area contributed by atoms with Gasteiger partial charge in [0.2, 0.25) is 27.7 Å². The number of amides is 4. The van der Waals surface area contributed by atoms with E-state index in [1.54, 1.807) is 54.7 Å². The lowest BCUT2D eigenvalue weighted by Crippen LogP contribution is -2.60. The third kappa shape index (κ3) is 9.42. The molecule has 6 rings (SSSR count). The molecule has 16 heteroatoms. The van der Waals surface area contributed by atoms with E-state index < -0.39 is 79.7 Å². The highest BCUT2D eigenvalue weighted by molar-refractivity contribution is 7.91. The van der Waals surface area contributed by atoms with Crippen molar-refractivity contribution < 1.29 is 41.8 Å². The Morgan fingerprint density at radius 2 is 1.73 bits per heavy atom. The second-order valence-electron chi connectivity index (χ2n) is 17.9. The first kappa shape index (κ1) is 43.2. The van der Waals surface area contributed by atoms with E-state index in [4.69, 9.17) is 19.2 Å². The molecule has 3 aliphatic rings. The van der Waals surface area contributed by atoms with Gasteiger partial charge in [-0.2, -0.15) is 0 Å². The summed E-state index contributed by atoms with van der Waals surface area (Å²) in [5.74, 6) is -1.77. The van der Waals surface area contributed by atoms with Crippen LogP contribution in [-0.4, -0.2) is 104 Å². The number of hydrogen-bond donors (Lipinski definition) is 3. The number of anilines is 1. The zero-order valence-electron chi connectivity index (χ0n) is 35.2. The molecule has 3 fully saturated rings. The number of nitrogens with one attached hydrogen (secondary N) is 3. The number of carbonyl (C=O) groups is 4. The summed E-state index contributed by atoms with van der Waals surface area (Å²) in [5.41, 5.74) is -0.881. The van der Waals surface area contributed by atoms with Gasteiger partial charge in [0, 0.05) is 43.1 Å². The zero-order chi connectivity index (χ0) is 43.2. The number of benzene rings is 2. The van der Waals surface area contributed by atoms with Gasteiger partial charge in [-0.1, -0.05) is 45.0 Å². The number of alkyl carbamates (subject to hydrolysis) is 1. The van der Waals surface area contributed by atoms with E-state index >= 15 is 0 Å². The molecule has 2 aliphatic carbocycles. The molecular weight excluding hydrogens is 777 g/mol. The maximum atomic E-state index is 14.7. The largest absolute Gasteiger partial charge is 0.497 e. The first-order valence-electron chi connectivity index (χ1n) is 19.8. The van der Waals surface area contributed by atoms with Crippen LogP contribution in [0.4, 0.5) is 10.5 Å². The van der Waals surface area contributed by atoms with Crippen LogP contribution in [0.2, 0.25) is 0 Å². The highest BCUT2D eigenvalue weighted by Crippen LogP contribution is 2.46. The molecule has 318 valence electrons. The van der Waals surface area contributed by atoms with E-state index in [2.05, 4.69) is 21.9 Å². The summed E-state index contributed by atoms with van der Waals surface area (Å²) in [7, 11) is 1.54. The Morgan fingerprint density at radius 1 is 1.03 bits per heavy atom. The minimum atomic E-state index is -3.93. The molecule has 0 radical (unpaired) electrons. The lowest BCUT2D eigenvalue weighted by atomic mass is 9.85. The lowest BCUT2D eigenvalue weighted by Gasteiger charge is -2.36. The van der Waals surface area contributed by atoms with Crippen molar-refractivity contribution in [1.82, 2.24) is 25.2 Å². The molecule has 5 atom stereocenters. The van der Waals surface area contributed by atoms with Gasteiger partial charge in [0.15, 0.2) is 0 Å². The van der Waals surface area contributed by atoms with Crippen LogP contribution in [0.15, 0.2) is 61.2 Å². The number of aromatic nitrogens is 1. The van der Waals surface area contributed by atoms with Gasteiger partial charge in [-0.15, -0.1) is 6.58 Å². The van der Waals surface area contributed by atoms with Gasteiger partial charge < -0.3 is 34.6 Å². The SMILES string of the molecule is C=C[C@@H]1C[C@]1(NC(=O)[C@@H]1C[C@@H](Oc2nc(-c3ccccc3N(C)C)cc3cc(OC)ccc23)CN1C(=O)[C@@H](NC(=O)OC(C)(C)C)C(C)(C)C)C(=O)NS(=O)(=O)C1CC1. The summed E-state index contributed by atoms with van der Waals surface area (Å²) in [6, 6.07) is 12.9. The van der Waals surface area contributed by atoms with Gasteiger partial charge in [-0.05, 0) is 81.2 Å². The number of para-hydroxylation sites is 1. The van der Waals surface area contributed by atoms with Crippen LogP contribution in [-0.2, 0) is 29.1 Å². The average Bonchev–Trinajstić information content (AvgIpc) is 4.08. The van der Waals surface area contributed by atoms with Gasteiger partial charge >= 0.3 is 6.09 Å². The summed E-state index contributed by atoms with van der Waals surface area (Å²) in [6.07, 6.45) is 0.906. The molecule has 3 aromatic rings. The van der Waals surface area contributed by atoms with E-state index in [9.17, 15) is 27.6 Å². The third-order valence-corrected chi connectivity index (χ3v) is 12.6. The number of nitrogens with zero attached hydrogens (tertiary/aromatic N) is 3. The van der Waals surface area contributed by atoms with Crippen molar-refractivity contribution in [2.75, 3.05) is 32.6 Å². The monoisotopic (exact) mass is 832 g/mol. The van der Waals surface area contributed by atoms with Gasteiger partial charge in [-0.25, -0.2) is 18.2 Å². The normalized spacial score (nSPS) is 22.2. The average molecular weight is 833 g/mol. The molecule has 0 bridgehead atoms. The van der Waals surface area contributed by atoms with Crippen molar-refractivity contribution in [2.45, 2.75) is 102 Å². The van der Waals surface area contributed by atoms with Gasteiger partial charge in [-0.3, -0.25) is 19.1 Å². The van der Waals surface area contributed by atoms with E-state index in [0.717, 1.165) is 16.6 Å². The molecule has 2 aromatic carbocycles. The van der Waals surface area contributed by atoms with Crippen molar-refractivity contribution in [3.8, 4) is 22.9 Å². The second-order valence-corrected chi connectivity index (χ2v) is 19.9. The quantitative estimate of drug-likeness (QED) is 0.198. The maximum Gasteiger partial charge on any atom is 0.408 e. The summed E-state index contributed by atoms with van der Waals surface area (Å²) >= 11 is 0. The molecule has 1 aliphatic heterocycles. The van der Waals surface area contributed by atoms with Crippen molar-refractivity contribution in [1.29, 1.82) is 0 Å². The molecule has 0 unspecified atom stereocenters. The minimum absolute atomic E-state index is 0.0183. The fraction of sp³-hybridized carbons (Fsp3) is 0.512. The zero-order valence-corrected chi connectivity index (χ0v) is 36.1. The van der Waals surface area contributed by atoms with E-state index in [0.29, 0.717) is 29.7 Å². The van der Waals surface area contributed by atoms with Gasteiger partial charge in [0.25, 0.3) is 5.91 Å². The Kier molecular flexibility index (Phi) is 11.7. The third-order valence-electron chi connectivity index (χ3n) is 10.8. The number of hydrogen-bond acceptors (Lipinski definition) is 11. The topological polar surface area (TPSA) is 186 Å². The summed E-state index contributed by atoms with van der Waals surface area (Å²) < 4.78 is 45.6. The maximum absolute atomic E-state index is 14.7. The molecule has 0 spiro atoms. The Hall–Kier alpha value is -5.38. The number of pyridine rings is 1. The van der Waals surface area contributed by atoms with Gasteiger partial charge in [0.1, 0.15) is 35.1 Å². The number of methoxy groups -OCH3 is 1. The van der Waals surface area contributed by atoms with E-state index in [-0.39, 0.29) is 25.3 Å². The molecule has 2 heterocycles. The molecule has 4 amide bonds. The molecule has 59 heavy (non-hydrogen) atoms. The number of fused-ring (bicyclic) bond motifs is 1. The summed E-state index contributed by atoms with van der Waals surface area (Å²) in [6.45, 7) is 14.2. The second kappa shape index (κ2) is 16.0. The van der Waals surface area contributed by atoms with Crippen molar-refractivity contribution >= 4 is 50.3 Å². The fourth-order valence-corrected chi connectivity index (χ4v) is 8.79. The van der Waals surface area contributed by atoms with Crippen molar-refractivity contribution in [2.24, 2.45) is 11.3 Å². The minimum Gasteiger partial charge on any atom is -0.497 e. The first-order chi connectivity index (χ1) is 27.6. The number of carbonyl (C=O) groups excluding carboxylic acids is 4. The van der Waals surface area contributed by atoms with Crippen LogP contribution in [0.25, 0.3) is 22.0 Å². The summed E-state index contributed by atoms with van der Waals surface area (Å²) in [4.78, 5) is 64.4. The predicted octanol–water partition coefficient (Wildman–Crippen LogP) is 4.93. The molecule has 2 saturated carbocycles. The van der Waals surface area contributed by atoms with Crippen LogP contribution in [0.3, 0.4) is 0 Å². The highest BCUT2D eigenvalue weighted by Gasteiger charge is 2.62. The first-order valence-corrected chi connectivity index (χ1v) is 21.3. The van der Waals surface area contributed by atoms with Crippen LogP contribution in [0.1, 0.15) is 67.2 Å². The molecule has 3 N–H and O–H groups in total.